The van der Waals surface area contributed by atoms with Gasteiger partial charge in [0.15, 0.2) is 0 Å². The summed E-state index contributed by atoms with van der Waals surface area (Å²) in [6.07, 6.45) is 2.28. The normalized spacial score (nSPS) is 16.8. The molecule has 1 atom stereocenters. The van der Waals surface area contributed by atoms with E-state index in [9.17, 15) is 17.6 Å². The van der Waals surface area contributed by atoms with Crippen LogP contribution in [0.25, 0.3) is 0 Å². The van der Waals surface area contributed by atoms with E-state index >= 15 is 0 Å². The Bertz CT molecular complexity index is 957. The molecule has 2 aromatic rings. The summed E-state index contributed by atoms with van der Waals surface area (Å²) >= 11 is 0. The average molecular weight is 390 g/mol. The fourth-order valence-electron chi connectivity index (χ4n) is 3.31. The molecule has 1 aliphatic rings. The summed E-state index contributed by atoms with van der Waals surface area (Å²) in [5.41, 5.74) is 2.18. The van der Waals surface area contributed by atoms with E-state index < -0.39 is 21.7 Å². The lowest BCUT2D eigenvalue weighted by Crippen LogP contribution is -2.39. The lowest BCUT2D eigenvalue weighted by atomic mass is 9.88. The first-order valence-corrected chi connectivity index (χ1v) is 10.4. The van der Waals surface area contributed by atoms with Gasteiger partial charge in [-0.25, -0.2) is 17.5 Å². The Kier molecular flexibility index (Phi) is 5.62. The van der Waals surface area contributed by atoms with Gasteiger partial charge in [0.05, 0.1) is 10.5 Å². The Morgan fingerprint density at radius 1 is 1.15 bits per heavy atom. The number of halogens is 1. The highest BCUT2D eigenvalue weighted by molar-refractivity contribution is 7.89. The Labute approximate surface area is 159 Å². The molecule has 0 aromatic heterocycles. The predicted molar refractivity (Wildman–Crippen MR) is 102 cm³/mol. The minimum atomic E-state index is -3.80. The van der Waals surface area contributed by atoms with Gasteiger partial charge < -0.3 is 5.32 Å². The number of carbonyl (C=O) groups excluding carboxylic acids is 1. The number of fused-ring (bicyclic) bond motifs is 1. The van der Waals surface area contributed by atoms with Crippen molar-refractivity contribution in [1.82, 2.24) is 10.0 Å². The number of hydrogen-bond acceptors (Lipinski definition) is 3. The van der Waals surface area contributed by atoms with Gasteiger partial charge in [0.1, 0.15) is 5.82 Å². The fourth-order valence-corrected chi connectivity index (χ4v) is 4.58. The second kappa shape index (κ2) is 7.78. The Balaban J connectivity index is 1.78. The van der Waals surface area contributed by atoms with Crippen molar-refractivity contribution < 1.29 is 17.6 Å². The van der Waals surface area contributed by atoms with Crippen molar-refractivity contribution in [3.8, 4) is 0 Å². The Morgan fingerprint density at radius 2 is 1.85 bits per heavy atom. The predicted octanol–water partition coefficient (Wildman–Crippen LogP) is 2.80. The number of rotatable bonds is 5. The molecule has 0 saturated heterocycles. The summed E-state index contributed by atoms with van der Waals surface area (Å²) in [6.45, 7) is 3.38. The Hall–Kier alpha value is -2.25. The molecule has 1 amide bonds. The maximum Gasteiger partial charge on any atom is 0.254 e. The summed E-state index contributed by atoms with van der Waals surface area (Å²) in [5.74, 6) is -1.34. The highest BCUT2D eigenvalue weighted by atomic mass is 32.2. The Morgan fingerprint density at radius 3 is 2.56 bits per heavy atom. The molecule has 7 heteroatoms. The lowest BCUT2D eigenvalue weighted by molar-refractivity contribution is 0.0929. The minimum absolute atomic E-state index is 0.110. The van der Waals surface area contributed by atoms with E-state index in [1.54, 1.807) is 13.8 Å². The molecule has 0 spiro atoms. The van der Waals surface area contributed by atoms with Crippen molar-refractivity contribution in [3.05, 3.63) is 65.0 Å². The first-order valence-electron chi connectivity index (χ1n) is 8.96. The zero-order chi connectivity index (χ0) is 19.6. The van der Waals surface area contributed by atoms with Crippen LogP contribution in [0, 0.1) is 5.82 Å². The summed E-state index contributed by atoms with van der Waals surface area (Å²) in [7, 11) is -3.80. The van der Waals surface area contributed by atoms with E-state index in [2.05, 4.69) is 16.1 Å². The standard InChI is InChI=1S/C20H23FN2O3S/c1-13(2)23-27(25,26)17-9-10-19(21)18(12-17)20(24)22-16-8-7-14-5-3-4-6-15(14)11-16/h3-6,9-10,12-13,16,23H,7-8,11H2,1-2H3,(H,22,24). The van der Waals surface area contributed by atoms with Gasteiger partial charge in [0.25, 0.3) is 5.91 Å². The number of sulfonamides is 1. The molecule has 0 radical (unpaired) electrons. The zero-order valence-corrected chi connectivity index (χ0v) is 16.1. The van der Waals surface area contributed by atoms with Gasteiger partial charge in [-0.2, -0.15) is 0 Å². The summed E-state index contributed by atoms with van der Waals surface area (Å²) in [4.78, 5) is 12.5. The van der Waals surface area contributed by atoms with Gasteiger partial charge in [0.2, 0.25) is 10.0 Å². The van der Waals surface area contributed by atoms with Crippen molar-refractivity contribution in [2.45, 2.75) is 50.1 Å². The van der Waals surface area contributed by atoms with Crippen molar-refractivity contribution >= 4 is 15.9 Å². The van der Waals surface area contributed by atoms with Crippen LogP contribution in [0.3, 0.4) is 0 Å². The highest BCUT2D eigenvalue weighted by Crippen LogP contribution is 2.22. The van der Waals surface area contributed by atoms with Crippen LogP contribution < -0.4 is 10.0 Å². The average Bonchev–Trinajstić information content (AvgIpc) is 2.60. The van der Waals surface area contributed by atoms with Crippen molar-refractivity contribution in [2.75, 3.05) is 0 Å². The van der Waals surface area contributed by atoms with Crippen LogP contribution in [0.2, 0.25) is 0 Å². The van der Waals surface area contributed by atoms with Gasteiger partial charge in [-0.05, 0) is 62.4 Å². The first kappa shape index (κ1) is 19.5. The van der Waals surface area contributed by atoms with Gasteiger partial charge >= 0.3 is 0 Å². The van der Waals surface area contributed by atoms with Crippen molar-refractivity contribution in [3.63, 3.8) is 0 Å². The third-order valence-electron chi connectivity index (χ3n) is 4.57. The topological polar surface area (TPSA) is 75.3 Å². The number of hydrogen-bond donors (Lipinski definition) is 2. The van der Waals surface area contributed by atoms with Crippen LogP contribution in [-0.4, -0.2) is 26.4 Å². The van der Waals surface area contributed by atoms with E-state index in [1.807, 2.05) is 18.2 Å². The molecule has 1 aliphatic carbocycles. The molecule has 0 aliphatic heterocycles. The molecule has 0 fully saturated rings. The molecule has 27 heavy (non-hydrogen) atoms. The second-order valence-corrected chi connectivity index (χ2v) is 8.81. The quantitative estimate of drug-likeness (QED) is 0.824. The fraction of sp³-hybridized carbons (Fsp3) is 0.350. The van der Waals surface area contributed by atoms with E-state index in [0.717, 1.165) is 31.0 Å². The van der Waals surface area contributed by atoms with E-state index in [0.29, 0.717) is 6.42 Å². The van der Waals surface area contributed by atoms with E-state index in [4.69, 9.17) is 0 Å². The van der Waals surface area contributed by atoms with Gasteiger partial charge in [-0.15, -0.1) is 0 Å². The summed E-state index contributed by atoms with van der Waals surface area (Å²) < 4.78 is 41.2. The summed E-state index contributed by atoms with van der Waals surface area (Å²) in [5, 5.41) is 2.84. The van der Waals surface area contributed by atoms with Crippen LogP contribution in [0.4, 0.5) is 4.39 Å². The zero-order valence-electron chi connectivity index (χ0n) is 15.3. The lowest BCUT2D eigenvalue weighted by Gasteiger charge is -2.25. The molecule has 0 heterocycles. The molecular weight excluding hydrogens is 367 g/mol. The number of nitrogens with one attached hydrogen (secondary N) is 2. The smallest absolute Gasteiger partial charge is 0.254 e. The van der Waals surface area contributed by atoms with Crippen molar-refractivity contribution in [1.29, 1.82) is 0 Å². The van der Waals surface area contributed by atoms with Gasteiger partial charge in [0, 0.05) is 12.1 Å². The van der Waals surface area contributed by atoms with Crippen LogP contribution in [-0.2, 0) is 22.9 Å². The maximum atomic E-state index is 14.2. The largest absolute Gasteiger partial charge is 0.349 e. The molecule has 2 N–H and O–H groups in total. The molecule has 5 nitrogen and oxygen atoms in total. The van der Waals surface area contributed by atoms with Crippen molar-refractivity contribution in [2.24, 2.45) is 0 Å². The van der Waals surface area contributed by atoms with Crippen LogP contribution >= 0.6 is 0 Å². The minimum Gasteiger partial charge on any atom is -0.349 e. The van der Waals surface area contributed by atoms with Gasteiger partial charge in [-0.3, -0.25) is 4.79 Å². The molecule has 1 unspecified atom stereocenters. The van der Waals surface area contributed by atoms with E-state index in [1.165, 1.54) is 11.1 Å². The third kappa shape index (κ3) is 4.54. The number of benzene rings is 2. The molecule has 0 bridgehead atoms. The number of carbonyl (C=O) groups is 1. The number of aryl methyl sites for hydroxylation is 1. The third-order valence-corrected chi connectivity index (χ3v) is 6.22. The highest BCUT2D eigenvalue weighted by Gasteiger charge is 2.24. The maximum absolute atomic E-state index is 14.2. The first-order chi connectivity index (χ1) is 12.8. The number of amides is 1. The second-order valence-electron chi connectivity index (χ2n) is 7.10. The monoisotopic (exact) mass is 390 g/mol. The molecule has 2 aromatic carbocycles. The molecular formula is C20H23FN2O3S. The molecule has 144 valence electrons. The summed E-state index contributed by atoms with van der Waals surface area (Å²) in [6, 6.07) is 10.9. The van der Waals surface area contributed by atoms with Gasteiger partial charge in [-0.1, -0.05) is 24.3 Å². The van der Waals surface area contributed by atoms with Crippen LogP contribution in [0.5, 0.6) is 0 Å². The molecule has 0 saturated carbocycles. The van der Waals surface area contributed by atoms with Crippen LogP contribution in [0.1, 0.15) is 41.8 Å². The van der Waals surface area contributed by atoms with Crippen LogP contribution in [0.15, 0.2) is 47.4 Å². The molecule has 3 rings (SSSR count). The van der Waals surface area contributed by atoms with E-state index in [-0.39, 0.29) is 22.5 Å². The SMILES string of the molecule is CC(C)NS(=O)(=O)c1ccc(F)c(C(=O)NC2CCc3ccccc3C2)c1.